The Morgan fingerprint density at radius 2 is 2.17 bits per heavy atom. The molecule has 3 aliphatic rings. The minimum atomic E-state index is -0.861. The zero-order valence-electron chi connectivity index (χ0n) is 8.15. The van der Waals surface area contributed by atoms with Crippen molar-refractivity contribution >= 4 is 8.25 Å². The molecule has 3 fully saturated rings. The summed E-state index contributed by atoms with van der Waals surface area (Å²) in [5, 5.41) is 0. The zero-order chi connectivity index (χ0) is 8.77. The third-order valence-corrected chi connectivity index (χ3v) is 10.1. The summed E-state index contributed by atoms with van der Waals surface area (Å²) in [6, 6.07) is 0. The van der Waals surface area contributed by atoms with Crippen molar-refractivity contribution in [2.75, 3.05) is 0 Å². The molecule has 3 rings (SSSR count). The van der Waals surface area contributed by atoms with E-state index in [2.05, 4.69) is 13.8 Å². The molecule has 0 aliphatic heterocycles. The van der Waals surface area contributed by atoms with Crippen molar-refractivity contribution in [3.05, 3.63) is 0 Å². The number of rotatable bonds is 2. The fourth-order valence-corrected chi connectivity index (χ4v) is 9.68. The quantitative estimate of drug-likeness (QED) is 0.648. The first-order valence-electron chi connectivity index (χ1n) is 5.22. The first-order chi connectivity index (χ1) is 5.66. The van der Waals surface area contributed by atoms with Crippen LogP contribution in [0, 0.1) is 23.2 Å². The first-order valence-corrected chi connectivity index (χ1v) is 15.9. The maximum atomic E-state index is 6.03. The van der Waals surface area contributed by atoms with E-state index in [0.29, 0.717) is 5.41 Å². The average Bonchev–Trinajstić information content (AvgIpc) is 2.05. The molecule has 3 saturated carbocycles. The van der Waals surface area contributed by atoms with Crippen LogP contribution in [0.2, 0.25) is 3.93 Å². The van der Waals surface area contributed by atoms with Crippen LogP contribution < -0.4 is 0 Å². The normalized spacial score (nSPS) is 43.1. The van der Waals surface area contributed by atoms with Crippen LogP contribution in [0.4, 0.5) is 0 Å². The Bertz CT molecular complexity index is 175. The van der Waals surface area contributed by atoms with Gasteiger partial charge < -0.3 is 0 Å². The Kier molecular flexibility index (Phi) is 2.78. The van der Waals surface area contributed by atoms with Gasteiger partial charge >= 0.3 is 91.8 Å². The van der Waals surface area contributed by atoms with Gasteiger partial charge in [0.1, 0.15) is 0 Å². The Balaban J connectivity index is 2.01. The second-order valence-electron chi connectivity index (χ2n) is 5.18. The van der Waals surface area contributed by atoms with E-state index < -0.39 is 23.3 Å². The van der Waals surface area contributed by atoms with Crippen LogP contribution in [0.1, 0.15) is 33.1 Å². The van der Waals surface area contributed by atoms with Gasteiger partial charge in [-0.15, -0.1) is 0 Å². The van der Waals surface area contributed by atoms with Crippen LogP contribution in [-0.2, 0) is 23.3 Å². The van der Waals surface area contributed by atoms with Gasteiger partial charge in [-0.05, 0) is 0 Å². The summed E-state index contributed by atoms with van der Waals surface area (Å²) < 4.78 is 1.47. The summed E-state index contributed by atoms with van der Waals surface area (Å²) in [4.78, 5) is 0. The van der Waals surface area contributed by atoms with Gasteiger partial charge in [-0.3, -0.25) is 0 Å². The molecule has 2 heteroatoms. The molecule has 0 saturated heterocycles. The van der Waals surface area contributed by atoms with E-state index in [9.17, 15) is 0 Å². The molecule has 3 aliphatic carbocycles. The van der Waals surface area contributed by atoms with Crippen molar-refractivity contribution in [3.63, 3.8) is 0 Å². The van der Waals surface area contributed by atoms with Gasteiger partial charge in [0, 0.05) is 0 Å². The van der Waals surface area contributed by atoms with E-state index in [1.54, 1.807) is 0 Å². The third-order valence-electron chi connectivity index (χ3n) is 4.48. The van der Waals surface area contributed by atoms with E-state index in [-0.39, 0.29) is 0 Å². The molecule has 0 nitrogen and oxygen atoms in total. The van der Waals surface area contributed by atoms with Gasteiger partial charge in [-0.2, -0.15) is 0 Å². The molecule has 0 radical (unpaired) electrons. The number of fused-ring (bicyclic) bond motifs is 2. The van der Waals surface area contributed by atoms with Crippen molar-refractivity contribution in [3.8, 4) is 0 Å². The molecule has 3 unspecified atom stereocenters. The van der Waals surface area contributed by atoms with E-state index in [0.717, 1.165) is 17.8 Å². The third kappa shape index (κ3) is 1.37. The molecular weight excluding hydrogens is 356 g/mol. The van der Waals surface area contributed by atoms with Gasteiger partial charge in [-0.25, -0.2) is 0 Å². The standard InChI is InChI=1S/C10H17.ClH.Hg/c1-7-4-5-8-6-9(7)10(8,2)3;;/h7-9H,1,4-6H2,2-3H3;1H;/q;;+1/p-1. The second-order valence-corrected chi connectivity index (χ2v) is 12.2. The van der Waals surface area contributed by atoms with E-state index in [4.69, 9.17) is 8.25 Å². The zero-order valence-corrected chi connectivity index (χ0v) is 14.4. The molecule has 0 aromatic heterocycles. The van der Waals surface area contributed by atoms with E-state index in [1.165, 1.54) is 23.2 Å². The van der Waals surface area contributed by atoms with Crippen molar-refractivity contribution in [2.24, 2.45) is 23.2 Å². The number of halogens is 1. The van der Waals surface area contributed by atoms with Crippen molar-refractivity contribution in [2.45, 2.75) is 37.0 Å². The monoisotopic (exact) mass is 374 g/mol. The summed E-state index contributed by atoms with van der Waals surface area (Å²) in [6.07, 6.45) is 4.53. The maximum absolute atomic E-state index is 6.03. The van der Waals surface area contributed by atoms with Gasteiger partial charge in [0.05, 0.1) is 0 Å². The van der Waals surface area contributed by atoms with Crippen LogP contribution in [0.15, 0.2) is 0 Å². The Hall–Kier alpha value is 1.23. The summed E-state index contributed by atoms with van der Waals surface area (Å²) >= 11 is -0.861. The average molecular weight is 373 g/mol. The summed E-state index contributed by atoms with van der Waals surface area (Å²) in [6.45, 7) is 4.95. The SMILES string of the molecule is CC1(C)C2CCC([CH2][Hg][Cl])C1C2. The van der Waals surface area contributed by atoms with Crippen LogP contribution in [0.3, 0.4) is 0 Å². The predicted octanol–water partition coefficient (Wildman–Crippen LogP) is 3.71. The minimum absolute atomic E-state index is 0.683. The van der Waals surface area contributed by atoms with Crippen LogP contribution in [-0.4, -0.2) is 0 Å². The Morgan fingerprint density at radius 3 is 2.67 bits per heavy atom. The van der Waals surface area contributed by atoms with Gasteiger partial charge in [-0.1, -0.05) is 0 Å². The first kappa shape index (κ1) is 9.77. The van der Waals surface area contributed by atoms with E-state index >= 15 is 0 Å². The van der Waals surface area contributed by atoms with E-state index in [1.807, 2.05) is 0 Å². The number of hydrogen-bond donors (Lipinski definition) is 0. The van der Waals surface area contributed by atoms with Gasteiger partial charge in [0.2, 0.25) is 0 Å². The summed E-state index contributed by atoms with van der Waals surface area (Å²) in [7, 11) is 6.03. The van der Waals surface area contributed by atoms with Crippen molar-refractivity contribution in [1.29, 1.82) is 0 Å². The molecule has 0 aromatic carbocycles. The molecule has 0 heterocycles. The van der Waals surface area contributed by atoms with Gasteiger partial charge in [0.15, 0.2) is 0 Å². The fourth-order valence-electron chi connectivity index (χ4n) is 3.45. The summed E-state index contributed by atoms with van der Waals surface area (Å²) in [5.41, 5.74) is 0.683. The van der Waals surface area contributed by atoms with Crippen LogP contribution in [0.25, 0.3) is 0 Å². The molecule has 0 aromatic rings. The molecule has 12 heavy (non-hydrogen) atoms. The molecule has 0 amide bonds. The Morgan fingerprint density at radius 1 is 1.42 bits per heavy atom. The molecule has 2 bridgehead atoms. The summed E-state index contributed by atoms with van der Waals surface area (Å²) in [5.74, 6) is 3.16. The number of hydrogen-bond acceptors (Lipinski definition) is 0. The van der Waals surface area contributed by atoms with Crippen molar-refractivity contribution in [1.82, 2.24) is 0 Å². The topological polar surface area (TPSA) is 0 Å². The molecular formula is C10H17ClHg. The molecule has 3 atom stereocenters. The Labute approximate surface area is 91.3 Å². The van der Waals surface area contributed by atoms with Crippen LogP contribution >= 0.6 is 8.25 Å². The molecule has 66 valence electrons. The van der Waals surface area contributed by atoms with Gasteiger partial charge in [0.25, 0.3) is 0 Å². The van der Waals surface area contributed by atoms with Crippen molar-refractivity contribution < 1.29 is 23.3 Å². The second kappa shape index (κ2) is 3.42. The van der Waals surface area contributed by atoms with Crippen LogP contribution in [0.5, 0.6) is 0 Å². The molecule has 0 spiro atoms. The fraction of sp³-hybridized carbons (Fsp3) is 1.00. The molecule has 0 N–H and O–H groups in total. The predicted molar refractivity (Wildman–Crippen MR) is 48.8 cm³/mol.